The third kappa shape index (κ3) is 4.18. The molecule has 1 aliphatic carbocycles. The van der Waals surface area contributed by atoms with Crippen LogP contribution in [0.3, 0.4) is 0 Å². The van der Waals surface area contributed by atoms with Crippen LogP contribution in [0, 0.1) is 11.8 Å². The Labute approximate surface area is 116 Å². The normalized spacial score (nSPS) is 31.0. The summed E-state index contributed by atoms with van der Waals surface area (Å²) in [7, 11) is 0. The van der Waals surface area contributed by atoms with E-state index >= 15 is 0 Å². The van der Waals surface area contributed by atoms with E-state index in [-0.39, 0.29) is 5.91 Å². The van der Waals surface area contributed by atoms with Gasteiger partial charge in [-0.1, -0.05) is 19.3 Å². The van der Waals surface area contributed by atoms with Gasteiger partial charge in [-0.2, -0.15) is 0 Å². The number of carbonyl (C=O) groups is 1. The van der Waals surface area contributed by atoms with Crippen LogP contribution in [0.4, 0.5) is 0 Å². The van der Waals surface area contributed by atoms with Crippen molar-refractivity contribution in [2.45, 2.75) is 57.4 Å². The molecule has 19 heavy (non-hydrogen) atoms. The molecular weight excluding hydrogens is 238 g/mol. The summed E-state index contributed by atoms with van der Waals surface area (Å²) in [5, 5.41) is 0. The Morgan fingerprint density at radius 2 is 1.74 bits per heavy atom. The van der Waals surface area contributed by atoms with Gasteiger partial charge in [-0.3, -0.25) is 4.79 Å². The molecule has 1 saturated heterocycles. The quantitative estimate of drug-likeness (QED) is 0.758. The van der Waals surface area contributed by atoms with E-state index in [1.807, 2.05) is 0 Å². The van der Waals surface area contributed by atoms with Gasteiger partial charge in [0.2, 0.25) is 5.91 Å². The molecule has 0 bridgehead atoms. The maximum Gasteiger partial charge on any atom is 0.217 e. The van der Waals surface area contributed by atoms with Crippen LogP contribution in [-0.4, -0.2) is 36.5 Å². The van der Waals surface area contributed by atoms with Crippen molar-refractivity contribution < 1.29 is 4.79 Å². The molecule has 4 heteroatoms. The number of piperidine rings is 1. The molecule has 0 aromatic heterocycles. The van der Waals surface area contributed by atoms with Crippen molar-refractivity contribution in [3.8, 4) is 0 Å². The molecule has 0 spiro atoms. The summed E-state index contributed by atoms with van der Waals surface area (Å²) in [5.41, 5.74) is 11.3. The Balaban J connectivity index is 1.86. The molecule has 1 saturated carbocycles. The predicted octanol–water partition coefficient (Wildman–Crippen LogP) is 1.48. The van der Waals surface area contributed by atoms with Crippen molar-refractivity contribution in [3.63, 3.8) is 0 Å². The van der Waals surface area contributed by atoms with E-state index in [2.05, 4.69) is 4.90 Å². The first-order valence-electron chi connectivity index (χ1n) is 7.93. The molecular formula is C15H29N3O. The third-order valence-electron chi connectivity index (χ3n) is 5.03. The van der Waals surface area contributed by atoms with Crippen LogP contribution >= 0.6 is 0 Å². The van der Waals surface area contributed by atoms with Crippen molar-refractivity contribution in [2.75, 3.05) is 19.6 Å². The SMILES string of the molecule is NCC1CCCCCC1N1CCC(CC(N)=O)CC1. The van der Waals surface area contributed by atoms with E-state index in [0.29, 0.717) is 24.3 Å². The maximum atomic E-state index is 11.0. The van der Waals surface area contributed by atoms with Crippen molar-refractivity contribution >= 4 is 5.91 Å². The van der Waals surface area contributed by atoms with Gasteiger partial charge in [-0.15, -0.1) is 0 Å². The highest BCUT2D eigenvalue weighted by Crippen LogP contribution is 2.30. The number of likely N-dealkylation sites (tertiary alicyclic amines) is 1. The standard InChI is InChI=1S/C15H29N3O/c16-11-13-4-2-1-3-5-14(13)18-8-6-12(7-9-18)10-15(17)19/h12-14H,1-11,16H2,(H2,17,19). The molecule has 2 aliphatic rings. The zero-order valence-electron chi connectivity index (χ0n) is 12.0. The van der Waals surface area contributed by atoms with Gasteiger partial charge >= 0.3 is 0 Å². The van der Waals surface area contributed by atoms with Gasteiger partial charge in [0.1, 0.15) is 0 Å². The first kappa shape index (κ1) is 14.8. The highest BCUT2D eigenvalue weighted by atomic mass is 16.1. The molecule has 2 fully saturated rings. The molecule has 2 rings (SSSR count). The van der Waals surface area contributed by atoms with Crippen molar-refractivity contribution in [1.82, 2.24) is 4.90 Å². The Morgan fingerprint density at radius 1 is 1.05 bits per heavy atom. The monoisotopic (exact) mass is 267 g/mol. The van der Waals surface area contributed by atoms with Crippen LogP contribution in [0.25, 0.3) is 0 Å². The van der Waals surface area contributed by atoms with E-state index in [9.17, 15) is 4.79 Å². The zero-order chi connectivity index (χ0) is 13.7. The topological polar surface area (TPSA) is 72.3 Å². The van der Waals surface area contributed by atoms with Gasteiger partial charge < -0.3 is 16.4 Å². The average molecular weight is 267 g/mol. The van der Waals surface area contributed by atoms with E-state index in [4.69, 9.17) is 11.5 Å². The molecule has 1 heterocycles. The van der Waals surface area contributed by atoms with E-state index in [0.717, 1.165) is 32.5 Å². The molecule has 110 valence electrons. The lowest BCUT2D eigenvalue weighted by atomic mass is 9.88. The third-order valence-corrected chi connectivity index (χ3v) is 5.03. The predicted molar refractivity (Wildman–Crippen MR) is 77.5 cm³/mol. The van der Waals surface area contributed by atoms with Crippen molar-refractivity contribution in [3.05, 3.63) is 0 Å². The lowest BCUT2D eigenvalue weighted by Gasteiger charge is -2.40. The molecule has 2 atom stereocenters. The Morgan fingerprint density at radius 3 is 2.37 bits per heavy atom. The van der Waals surface area contributed by atoms with Crippen LogP contribution in [0.5, 0.6) is 0 Å². The van der Waals surface area contributed by atoms with Gasteiger partial charge in [0.25, 0.3) is 0 Å². The summed E-state index contributed by atoms with van der Waals surface area (Å²) in [5.74, 6) is 1.04. The van der Waals surface area contributed by atoms with E-state index in [1.54, 1.807) is 0 Å². The maximum absolute atomic E-state index is 11.0. The average Bonchev–Trinajstić information content (AvgIpc) is 2.64. The van der Waals surface area contributed by atoms with E-state index < -0.39 is 0 Å². The first-order valence-corrected chi connectivity index (χ1v) is 7.93. The second-order valence-corrected chi connectivity index (χ2v) is 6.35. The van der Waals surface area contributed by atoms with Crippen LogP contribution < -0.4 is 11.5 Å². The number of hydrogen-bond acceptors (Lipinski definition) is 3. The molecule has 4 nitrogen and oxygen atoms in total. The minimum atomic E-state index is -0.146. The fraction of sp³-hybridized carbons (Fsp3) is 0.933. The van der Waals surface area contributed by atoms with Crippen LogP contribution in [-0.2, 0) is 4.79 Å². The lowest BCUT2D eigenvalue weighted by Crippen LogP contribution is -2.47. The number of primary amides is 1. The molecule has 2 unspecified atom stereocenters. The molecule has 0 aromatic rings. The van der Waals surface area contributed by atoms with Gasteiger partial charge in [-0.25, -0.2) is 0 Å². The van der Waals surface area contributed by atoms with Crippen LogP contribution in [0.15, 0.2) is 0 Å². The number of rotatable bonds is 4. The number of carbonyl (C=O) groups excluding carboxylic acids is 1. The summed E-state index contributed by atoms with van der Waals surface area (Å²) < 4.78 is 0. The minimum Gasteiger partial charge on any atom is -0.370 e. The number of hydrogen-bond donors (Lipinski definition) is 2. The van der Waals surface area contributed by atoms with Gasteiger partial charge in [0, 0.05) is 12.5 Å². The van der Waals surface area contributed by atoms with Crippen molar-refractivity contribution in [2.24, 2.45) is 23.3 Å². The summed E-state index contributed by atoms with van der Waals surface area (Å²) >= 11 is 0. The summed E-state index contributed by atoms with van der Waals surface area (Å²) in [6.45, 7) is 3.07. The summed E-state index contributed by atoms with van der Waals surface area (Å²) in [6.07, 6.45) is 9.47. The fourth-order valence-corrected chi connectivity index (χ4v) is 3.89. The van der Waals surface area contributed by atoms with Gasteiger partial charge in [-0.05, 0) is 57.2 Å². The smallest absolute Gasteiger partial charge is 0.217 e. The lowest BCUT2D eigenvalue weighted by molar-refractivity contribution is -0.119. The first-order chi connectivity index (χ1) is 9.20. The fourth-order valence-electron chi connectivity index (χ4n) is 3.89. The number of amides is 1. The molecule has 0 aromatic carbocycles. The largest absolute Gasteiger partial charge is 0.370 e. The second-order valence-electron chi connectivity index (χ2n) is 6.35. The Bertz CT molecular complexity index is 287. The summed E-state index contributed by atoms with van der Waals surface area (Å²) in [6, 6.07) is 0.682. The Hall–Kier alpha value is -0.610. The Kier molecular flexibility index (Phi) is 5.64. The molecule has 4 N–H and O–H groups in total. The summed E-state index contributed by atoms with van der Waals surface area (Å²) in [4.78, 5) is 13.6. The van der Waals surface area contributed by atoms with E-state index in [1.165, 1.54) is 32.1 Å². The minimum absolute atomic E-state index is 0.146. The number of nitrogens with two attached hydrogens (primary N) is 2. The van der Waals surface area contributed by atoms with Gasteiger partial charge in [0.05, 0.1) is 0 Å². The highest BCUT2D eigenvalue weighted by molar-refractivity contribution is 5.73. The highest BCUT2D eigenvalue weighted by Gasteiger charge is 2.31. The second kappa shape index (κ2) is 7.25. The number of nitrogens with zero attached hydrogens (tertiary/aromatic N) is 1. The molecule has 0 radical (unpaired) electrons. The molecule has 1 aliphatic heterocycles. The van der Waals surface area contributed by atoms with Crippen LogP contribution in [0.2, 0.25) is 0 Å². The molecule has 1 amide bonds. The van der Waals surface area contributed by atoms with Gasteiger partial charge in [0.15, 0.2) is 0 Å². The van der Waals surface area contributed by atoms with Crippen molar-refractivity contribution in [1.29, 1.82) is 0 Å². The van der Waals surface area contributed by atoms with Crippen LogP contribution in [0.1, 0.15) is 51.4 Å². The zero-order valence-corrected chi connectivity index (χ0v) is 12.0.